The average molecular weight is 397 g/mol. The normalized spacial score (nSPS) is 10.8. The molecule has 2 heterocycles. The van der Waals surface area contributed by atoms with Crippen molar-refractivity contribution < 1.29 is 14.3 Å². The molecule has 3 aromatic rings. The van der Waals surface area contributed by atoms with Crippen molar-refractivity contribution in [3.8, 4) is 5.75 Å². The van der Waals surface area contributed by atoms with Crippen LogP contribution in [0.5, 0.6) is 5.75 Å². The van der Waals surface area contributed by atoms with Gasteiger partial charge in [-0.2, -0.15) is 0 Å². The number of carbonyl (C=O) groups excluding carboxylic acids is 1. The summed E-state index contributed by atoms with van der Waals surface area (Å²) in [6.45, 7) is 5.64. The maximum absolute atomic E-state index is 12.5. The summed E-state index contributed by atoms with van der Waals surface area (Å²) < 4.78 is 10.3. The predicted molar refractivity (Wildman–Crippen MR) is 109 cm³/mol. The number of esters is 1. The minimum Gasteiger partial charge on any atom is -0.494 e. The number of aromatic amines is 1. The van der Waals surface area contributed by atoms with Crippen LogP contribution in [0.15, 0.2) is 23.0 Å². The molecule has 0 saturated carbocycles. The van der Waals surface area contributed by atoms with Gasteiger partial charge in [0.1, 0.15) is 11.3 Å². The Morgan fingerprint density at radius 2 is 1.97 bits per heavy atom. The summed E-state index contributed by atoms with van der Waals surface area (Å²) in [5.41, 5.74) is 2.08. The van der Waals surface area contributed by atoms with E-state index in [1.165, 1.54) is 0 Å². The van der Waals surface area contributed by atoms with Crippen molar-refractivity contribution >= 4 is 28.8 Å². The number of H-pyrrole nitrogens is 1. The van der Waals surface area contributed by atoms with E-state index in [2.05, 4.69) is 25.3 Å². The Kier molecular flexibility index (Phi) is 6.06. The molecule has 0 spiro atoms. The first-order chi connectivity index (χ1) is 13.9. The molecular weight excluding hydrogens is 374 g/mol. The molecule has 0 atom stereocenters. The minimum atomic E-state index is -0.345. The van der Waals surface area contributed by atoms with E-state index in [-0.39, 0.29) is 30.3 Å². The molecule has 2 aromatic heterocycles. The van der Waals surface area contributed by atoms with Gasteiger partial charge in [0.2, 0.25) is 11.9 Å². The second-order valence-corrected chi connectivity index (χ2v) is 6.40. The third-order valence-electron chi connectivity index (χ3n) is 4.44. The van der Waals surface area contributed by atoms with E-state index in [0.29, 0.717) is 35.1 Å². The molecule has 152 valence electrons. The van der Waals surface area contributed by atoms with Gasteiger partial charge in [0, 0.05) is 23.1 Å². The second kappa shape index (κ2) is 8.68. The molecule has 0 aliphatic heterocycles. The number of hydrogen-bond acceptors (Lipinski definition) is 8. The predicted octanol–water partition coefficient (Wildman–Crippen LogP) is 2.58. The molecule has 2 N–H and O–H groups in total. The van der Waals surface area contributed by atoms with Crippen LogP contribution in [-0.2, 0) is 16.0 Å². The maximum atomic E-state index is 12.5. The summed E-state index contributed by atoms with van der Waals surface area (Å²) in [6, 6.07) is 5.61. The monoisotopic (exact) mass is 397 g/mol. The highest BCUT2D eigenvalue weighted by Crippen LogP contribution is 2.26. The fraction of sp³-hybridized carbons (Fsp3) is 0.350. The van der Waals surface area contributed by atoms with Gasteiger partial charge in [0.15, 0.2) is 0 Å². The van der Waals surface area contributed by atoms with Crippen LogP contribution in [0.2, 0.25) is 0 Å². The number of ether oxygens (including phenoxy) is 2. The van der Waals surface area contributed by atoms with Gasteiger partial charge in [0.25, 0.3) is 5.56 Å². The molecule has 0 unspecified atom stereocenters. The Balaban J connectivity index is 1.87. The summed E-state index contributed by atoms with van der Waals surface area (Å²) in [5.74, 6) is 0.799. The summed E-state index contributed by atoms with van der Waals surface area (Å²) in [4.78, 5) is 40.0. The molecule has 0 aliphatic rings. The Morgan fingerprint density at radius 3 is 2.66 bits per heavy atom. The number of carbonyl (C=O) groups is 1. The van der Waals surface area contributed by atoms with Gasteiger partial charge in [-0.15, -0.1) is 0 Å². The molecule has 0 saturated heterocycles. The van der Waals surface area contributed by atoms with E-state index in [9.17, 15) is 9.59 Å². The van der Waals surface area contributed by atoms with Crippen LogP contribution < -0.4 is 15.6 Å². The van der Waals surface area contributed by atoms with Gasteiger partial charge < -0.3 is 9.47 Å². The topological polar surface area (TPSA) is 119 Å². The SMILES string of the molecule is CCOC(=O)CCc1c(C)nc(Nc2nc(C)c3cccc(OC)c3n2)[nH]c1=O. The van der Waals surface area contributed by atoms with Gasteiger partial charge in [-0.25, -0.2) is 15.0 Å². The van der Waals surface area contributed by atoms with E-state index in [4.69, 9.17) is 9.47 Å². The Labute approximate surface area is 167 Å². The zero-order valence-electron chi connectivity index (χ0n) is 16.8. The molecule has 9 nitrogen and oxygen atoms in total. The number of rotatable bonds is 7. The van der Waals surface area contributed by atoms with Crippen LogP contribution >= 0.6 is 0 Å². The molecule has 0 bridgehead atoms. The van der Waals surface area contributed by atoms with Crippen LogP contribution in [-0.4, -0.2) is 39.6 Å². The van der Waals surface area contributed by atoms with Crippen molar-refractivity contribution in [3.05, 3.63) is 45.5 Å². The van der Waals surface area contributed by atoms with Crippen LogP contribution in [0.1, 0.15) is 30.3 Å². The standard InChI is InChI=1S/C20H23N5O4/c1-5-29-16(26)10-9-14-12(3)22-20(24-18(14)27)25-19-21-11(2)13-7-6-8-15(28-4)17(13)23-19/h6-8H,5,9-10H2,1-4H3,(H2,21,22,23,24,25,27). The average Bonchev–Trinajstić information content (AvgIpc) is 2.67. The summed E-state index contributed by atoms with van der Waals surface area (Å²) >= 11 is 0. The molecule has 0 fully saturated rings. The van der Waals surface area contributed by atoms with Gasteiger partial charge in [0.05, 0.1) is 19.4 Å². The number of nitrogens with one attached hydrogen (secondary N) is 2. The van der Waals surface area contributed by atoms with Gasteiger partial charge in [-0.05, 0) is 33.3 Å². The van der Waals surface area contributed by atoms with Crippen molar-refractivity contribution in [3.63, 3.8) is 0 Å². The third-order valence-corrected chi connectivity index (χ3v) is 4.44. The number of aromatic nitrogens is 4. The van der Waals surface area contributed by atoms with Crippen LogP contribution in [0.25, 0.3) is 10.9 Å². The third kappa shape index (κ3) is 4.50. The largest absolute Gasteiger partial charge is 0.494 e. The lowest BCUT2D eigenvalue weighted by Gasteiger charge is -2.11. The first-order valence-electron chi connectivity index (χ1n) is 9.26. The first kappa shape index (κ1) is 20.2. The van der Waals surface area contributed by atoms with Crippen LogP contribution in [0.3, 0.4) is 0 Å². The number of benzene rings is 1. The number of para-hydroxylation sites is 1. The minimum absolute atomic E-state index is 0.124. The maximum Gasteiger partial charge on any atom is 0.306 e. The highest BCUT2D eigenvalue weighted by atomic mass is 16.5. The van der Waals surface area contributed by atoms with E-state index < -0.39 is 0 Å². The molecule has 3 rings (SSSR count). The number of anilines is 2. The molecule has 1 aromatic carbocycles. The molecule has 29 heavy (non-hydrogen) atoms. The van der Waals surface area contributed by atoms with Crippen molar-refractivity contribution in [2.75, 3.05) is 19.0 Å². The highest BCUT2D eigenvalue weighted by molar-refractivity contribution is 5.87. The molecular formula is C20H23N5O4. The van der Waals surface area contributed by atoms with Crippen molar-refractivity contribution in [1.82, 2.24) is 19.9 Å². The number of methoxy groups -OCH3 is 1. The smallest absolute Gasteiger partial charge is 0.306 e. The lowest BCUT2D eigenvalue weighted by molar-refractivity contribution is -0.143. The number of nitrogens with zero attached hydrogens (tertiary/aromatic N) is 3. The Morgan fingerprint density at radius 1 is 1.17 bits per heavy atom. The quantitative estimate of drug-likeness (QED) is 0.584. The molecule has 0 radical (unpaired) electrons. The zero-order chi connectivity index (χ0) is 21.0. The molecule has 9 heteroatoms. The number of fused-ring (bicyclic) bond motifs is 1. The Bertz CT molecular complexity index is 1110. The summed E-state index contributed by atoms with van der Waals surface area (Å²) in [5, 5.41) is 3.82. The fourth-order valence-corrected chi connectivity index (χ4v) is 3.03. The van der Waals surface area contributed by atoms with E-state index in [1.54, 1.807) is 21.0 Å². The zero-order valence-corrected chi connectivity index (χ0v) is 16.8. The van der Waals surface area contributed by atoms with Crippen molar-refractivity contribution in [2.45, 2.75) is 33.6 Å². The van der Waals surface area contributed by atoms with Gasteiger partial charge in [-0.3, -0.25) is 19.9 Å². The van der Waals surface area contributed by atoms with E-state index in [1.807, 2.05) is 25.1 Å². The van der Waals surface area contributed by atoms with Gasteiger partial charge in [-0.1, -0.05) is 12.1 Å². The summed E-state index contributed by atoms with van der Waals surface area (Å²) in [6.07, 6.45) is 0.384. The van der Waals surface area contributed by atoms with Gasteiger partial charge >= 0.3 is 5.97 Å². The number of aryl methyl sites for hydroxylation is 2. The second-order valence-electron chi connectivity index (χ2n) is 6.40. The summed E-state index contributed by atoms with van der Waals surface area (Å²) in [7, 11) is 1.58. The van der Waals surface area contributed by atoms with Crippen LogP contribution in [0, 0.1) is 13.8 Å². The van der Waals surface area contributed by atoms with E-state index in [0.717, 1.165) is 11.1 Å². The van der Waals surface area contributed by atoms with Crippen molar-refractivity contribution in [1.29, 1.82) is 0 Å². The Hall–Kier alpha value is -3.49. The number of hydrogen-bond donors (Lipinski definition) is 2. The highest BCUT2D eigenvalue weighted by Gasteiger charge is 2.13. The molecule has 0 amide bonds. The first-order valence-corrected chi connectivity index (χ1v) is 9.26. The molecule has 0 aliphatic carbocycles. The van der Waals surface area contributed by atoms with E-state index >= 15 is 0 Å². The fourth-order valence-electron chi connectivity index (χ4n) is 3.03. The van der Waals surface area contributed by atoms with Crippen LogP contribution in [0.4, 0.5) is 11.9 Å². The van der Waals surface area contributed by atoms with Crippen molar-refractivity contribution in [2.24, 2.45) is 0 Å². The lowest BCUT2D eigenvalue weighted by atomic mass is 10.1. The lowest BCUT2D eigenvalue weighted by Crippen LogP contribution is -2.20.